The minimum Gasteiger partial charge on any atom is -0.396 e. The molecule has 1 aromatic heterocycles. The van der Waals surface area contributed by atoms with E-state index in [1.54, 1.807) is 24.5 Å². The average Bonchev–Trinajstić information content (AvgIpc) is 2.09. The maximum absolute atomic E-state index is 8.80. The smallest absolute Gasteiger partial charge is 0.0521 e. The van der Waals surface area contributed by atoms with Gasteiger partial charge in [-0.2, -0.15) is 0 Å². The Labute approximate surface area is 65.3 Å². The summed E-state index contributed by atoms with van der Waals surface area (Å²) in [6.07, 6.45) is 3.29. The van der Waals surface area contributed by atoms with Crippen LogP contribution in [0, 0.1) is 0 Å². The molecular formula is C8H11NO2. The van der Waals surface area contributed by atoms with Crippen LogP contribution in [0.25, 0.3) is 0 Å². The molecule has 1 aromatic rings. The van der Waals surface area contributed by atoms with Crippen molar-refractivity contribution in [1.82, 2.24) is 4.98 Å². The van der Waals surface area contributed by atoms with E-state index in [2.05, 4.69) is 4.98 Å². The van der Waals surface area contributed by atoms with Crippen LogP contribution in [0.5, 0.6) is 0 Å². The number of nitrogens with zero attached hydrogens (tertiary/aromatic N) is 1. The fourth-order valence-corrected chi connectivity index (χ4v) is 0.904. The lowest BCUT2D eigenvalue weighted by Gasteiger charge is -2.09. The Morgan fingerprint density at radius 3 is 2.18 bits per heavy atom. The van der Waals surface area contributed by atoms with Crippen LogP contribution in [0.4, 0.5) is 0 Å². The second-order valence-corrected chi connectivity index (χ2v) is 2.34. The number of rotatable bonds is 3. The molecule has 0 aliphatic heterocycles. The number of aliphatic hydroxyl groups is 2. The van der Waals surface area contributed by atoms with E-state index in [0.29, 0.717) is 0 Å². The number of hydrogen-bond acceptors (Lipinski definition) is 3. The predicted molar refractivity (Wildman–Crippen MR) is 41.1 cm³/mol. The fourth-order valence-electron chi connectivity index (χ4n) is 0.904. The molecule has 0 amide bonds. The van der Waals surface area contributed by atoms with Crippen LogP contribution in [-0.4, -0.2) is 28.4 Å². The van der Waals surface area contributed by atoms with Crippen molar-refractivity contribution in [1.29, 1.82) is 0 Å². The third-order valence-corrected chi connectivity index (χ3v) is 1.62. The molecule has 1 rings (SSSR count). The van der Waals surface area contributed by atoms with Crippen LogP contribution in [0.3, 0.4) is 0 Å². The first-order valence-electron chi connectivity index (χ1n) is 3.50. The van der Waals surface area contributed by atoms with Gasteiger partial charge in [-0.1, -0.05) is 0 Å². The molecule has 0 aromatic carbocycles. The molecular weight excluding hydrogens is 142 g/mol. The van der Waals surface area contributed by atoms with Gasteiger partial charge < -0.3 is 10.2 Å². The van der Waals surface area contributed by atoms with E-state index >= 15 is 0 Å². The zero-order valence-corrected chi connectivity index (χ0v) is 6.14. The molecule has 11 heavy (non-hydrogen) atoms. The summed E-state index contributed by atoms with van der Waals surface area (Å²) in [4.78, 5) is 3.83. The van der Waals surface area contributed by atoms with Gasteiger partial charge in [0, 0.05) is 18.3 Å². The van der Waals surface area contributed by atoms with E-state index in [4.69, 9.17) is 10.2 Å². The molecule has 3 heteroatoms. The zero-order chi connectivity index (χ0) is 8.10. The Balaban J connectivity index is 2.74. The SMILES string of the molecule is OCC(CO)c1ccncc1. The van der Waals surface area contributed by atoms with Crippen molar-refractivity contribution in [2.75, 3.05) is 13.2 Å². The first kappa shape index (κ1) is 8.17. The summed E-state index contributed by atoms with van der Waals surface area (Å²) in [6, 6.07) is 3.58. The molecule has 0 aliphatic carbocycles. The minimum atomic E-state index is -0.169. The van der Waals surface area contributed by atoms with Gasteiger partial charge in [-0.05, 0) is 17.7 Å². The summed E-state index contributed by atoms with van der Waals surface area (Å²) in [5, 5.41) is 17.6. The highest BCUT2D eigenvalue weighted by atomic mass is 16.3. The fraction of sp³-hybridized carbons (Fsp3) is 0.375. The van der Waals surface area contributed by atoms with Gasteiger partial charge in [0.05, 0.1) is 13.2 Å². The molecule has 3 nitrogen and oxygen atoms in total. The Hall–Kier alpha value is -0.930. The normalized spacial score (nSPS) is 10.5. The molecule has 0 bridgehead atoms. The number of aliphatic hydroxyl groups excluding tert-OH is 2. The molecule has 0 fully saturated rings. The van der Waals surface area contributed by atoms with Gasteiger partial charge in [0.25, 0.3) is 0 Å². The second kappa shape index (κ2) is 4.05. The lowest BCUT2D eigenvalue weighted by Crippen LogP contribution is -2.08. The Morgan fingerprint density at radius 1 is 1.18 bits per heavy atom. The van der Waals surface area contributed by atoms with Crippen LogP contribution in [0.1, 0.15) is 11.5 Å². The van der Waals surface area contributed by atoms with Crippen LogP contribution >= 0.6 is 0 Å². The topological polar surface area (TPSA) is 53.4 Å². The summed E-state index contributed by atoms with van der Waals surface area (Å²) in [5.74, 6) is -0.169. The lowest BCUT2D eigenvalue weighted by atomic mass is 10.0. The van der Waals surface area contributed by atoms with Crippen LogP contribution in [0.2, 0.25) is 0 Å². The van der Waals surface area contributed by atoms with Gasteiger partial charge >= 0.3 is 0 Å². The Kier molecular flexibility index (Phi) is 3.01. The van der Waals surface area contributed by atoms with Gasteiger partial charge in [-0.15, -0.1) is 0 Å². The summed E-state index contributed by atoms with van der Waals surface area (Å²) in [5.41, 5.74) is 0.921. The summed E-state index contributed by atoms with van der Waals surface area (Å²) < 4.78 is 0. The molecule has 0 radical (unpaired) electrons. The quantitative estimate of drug-likeness (QED) is 0.650. The maximum atomic E-state index is 8.80. The van der Waals surface area contributed by atoms with Crippen LogP contribution in [0.15, 0.2) is 24.5 Å². The highest BCUT2D eigenvalue weighted by Gasteiger charge is 2.06. The lowest BCUT2D eigenvalue weighted by molar-refractivity contribution is 0.192. The largest absolute Gasteiger partial charge is 0.396 e. The Bertz CT molecular complexity index is 197. The van der Waals surface area contributed by atoms with Crippen molar-refractivity contribution in [3.8, 4) is 0 Å². The highest BCUT2D eigenvalue weighted by molar-refractivity contribution is 5.15. The molecule has 60 valence electrons. The molecule has 0 saturated carbocycles. The first-order chi connectivity index (χ1) is 5.38. The third kappa shape index (κ3) is 2.00. The van der Waals surface area contributed by atoms with E-state index in [1.165, 1.54) is 0 Å². The average molecular weight is 153 g/mol. The minimum absolute atomic E-state index is 0.0273. The molecule has 0 atom stereocenters. The number of pyridine rings is 1. The van der Waals surface area contributed by atoms with E-state index in [0.717, 1.165) is 5.56 Å². The van der Waals surface area contributed by atoms with Gasteiger partial charge in [0.15, 0.2) is 0 Å². The molecule has 0 spiro atoms. The van der Waals surface area contributed by atoms with Crippen molar-refractivity contribution < 1.29 is 10.2 Å². The first-order valence-corrected chi connectivity index (χ1v) is 3.50. The van der Waals surface area contributed by atoms with E-state index < -0.39 is 0 Å². The van der Waals surface area contributed by atoms with Crippen molar-refractivity contribution in [3.05, 3.63) is 30.1 Å². The third-order valence-electron chi connectivity index (χ3n) is 1.62. The zero-order valence-electron chi connectivity index (χ0n) is 6.14. The second-order valence-electron chi connectivity index (χ2n) is 2.34. The molecule has 1 heterocycles. The van der Waals surface area contributed by atoms with Crippen molar-refractivity contribution in [2.24, 2.45) is 0 Å². The highest BCUT2D eigenvalue weighted by Crippen LogP contribution is 2.11. The van der Waals surface area contributed by atoms with E-state index in [9.17, 15) is 0 Å². The number of hydrogen-bond donors (Lipinski definition) is 2. The molecule has 0 unspecified atom stereocenters. The predicted octanol–water partition coefficient (Wildman–Crippen LogP) is 0.150. The standard InChI is InChI=1S/C8H11NO2/c10-5-8(6-11)7-1-3-9-4-2-7/h1-4,8,10-11H,5-6H2. The van der Waals surface area contributed by atoms with Crippen molar-refractivity contribution >= 4 is 0 Å². The monoisotopic (exact) mass is 153 g/mol. The van der Waals surface area contributed by atoms with Gasteiger partial charge in [0.1, 0.15) is 0 Å². The van der Waals surface area contributed by atoms with Crippen molar-refractivity contribution in [2.45, 2.75) is 5.92 Å². The van der Waals surface area contributed by atoms with Gasteiger partial charge in [-0.25, -0.2) is 0 Å². The van der Waals surface area contributed by atoms with E-state index in [-0.39, 0.29) is 19.1 Å². The Morgan fingerprint density at radius 2 is 1.73 bits per heavy atom. The summed E-state index contributed by atoms with van der Waals surface area (Å²) in [7, 11) is 0. The van der Waals surface area contributed by atoms with Gasteiger partial charge in [0.2, 0.25) is 0 Å². The molecule has 2 N–H and O–H groups in total. The van der Waals surface area contributed by atoms with Crippen LogP contribution in [-0.2, 0) is 0 Å². The van der Waals surface area contributed by atoms with Gasteiger partial charge in [-0.3, -0.25) is 4.98 Å². The molecule has 0 saturated heterocycles. The summed E-state index contributed by atoms with van der Waals surface area (Å²) >= 11 is 0. The molecule has 0 aliphatic rings. The van der Waals surface area contributed by atoms with Crippen molar-refractivity contribution in [3.63, 3.8) is 0 Å². The number of aromatic nitrogens is 1. The summed E-state index contributed by atoms with van der Waals surface area (Å²) in [6.45, 7) is -0.0545. The van der Waals surface area contributed by atoms with Crippen LogP contribution < -0.4 is 0 Å². The maximum Gasteiger partial charge on any atom is 0.0521 e. The van der Waals surface area contributed by atoms with E-state index in [1.807, 2.05) is 0 Å².